The first-order valence-corrected chi connectivity index (χ1v) is 10.3. The smallest absolute Gasteiger partial charge is 0.261 e. The molecule has 0 unspecified atom stereocenters. The number of rotatable bonds is 7. The van der Waals surface area contributed by atoms with Gasteiger partial charge in [0.15, 0.2) is 0 Å². The molecule has 1 aliphatic carbocycles. The summed E-state index contributed by atoms with van der Waals surface area (Å²) in [5.41, 5.74) is 0.982. The van der Waals surface area contributed by atoms with Gasteiger partial charge in [-0.1, -0.05) is 55.7 Å². The van der Waals surface area contributed by atoms with Crippen molar-refractivity contribution < 1.29 is 9.59 Å². The molecule has 5 heteroatoms. The Hall–Kier alpha value is -2.14. The molecule has 4 nitrogen and oxygen atoms in total. The van der Waals surface area contributed by atoms with Crippen LogP contribution >= 0.6 is 11.3 Å². The highest BCUT2D eigenvalue weighted by molar-refractivity contribution is 7.12. The van der Waals surface area contributed by atoms with Gasteiger partial charge in [0.05, 0.1) is 10.4 Å². The highest BCUT2D eigenvalue weighted by Crippen LogP contribution is 2.37. The van der Waals surface area contributed by atoms with Gasteiger partial charge in [0, 0.05) is 13.0 Å². The second kappa shape index (κ2) is 8.99. The fourth-order valence-corrected chi connectivity index (χ4v) is 4.31. The van der Waals surface area contributed by atoms with Crippen LogP contribution in [0.1, 0.15) is 60.2 Å². The summed E-state index contributed by atoms with van der Waals surface area (Å²) in [5, 5.41) is 8.08. The molecule has 3 rings (SSSR count). The fraction of sp³-hybridized carbons (Fsp3) is 0.429. The molecule has 1 heterocycles. The monoisotopic (exact) mass is 370 g/mol. The minimum absolute atomic E-state index is 0.0616. The van der Waals surface area contributed by atoms with Crippen LogP contribution in [-0.2, 0) is 10.3 Å². The van der Waals surface area contributed by atoms with Crippen molar-refractivity contribution in [3.05, 3.63) is 58.3 Å². The summed E-state index contributed by atoms with van der Waals surface area (Å²) in [4.78, 5) is 25.2. The minimum Gasteiger partial charge on any atom is -0.351 e. The summed E-state index contributed by atoms with van der Waals surface area (Å²) >= 11 is 1.42. The SMILES string of the molecule is O=C(CCCNC(=O)c1cccs1)NC1(c2ccccc2)CCCCC1. The normalized spacial score (nSPS) is 16.0. The Kier molecular flexibility index (Phi) is 6.45. The van der Waals surface area contributed by atoms with Crippen molar-refractivity contribution in [1.29, 1.82) is 0 Å². The first kappa shape index (κ1) is 18.6. The zero-order chi connectivity index (χ0) is 18.2. The van der Waals surface area contributed by atoms with Crippen LogP contribution in [0.4, 0.5) is 0 Å². The Morgan fingerprint density at radius 2 is 1.77 bits per heavy atom. The first-order chi connectivity index (χ1) is 12.7. The number of nitrogens with one attached hydrogen (secondary N) is 2. The number of hydrogen-bond donors (Lipinski definition) is 2. The van der Waals surface area contributed by atoms with Crippen LogP contribution in [0.15, 0.2) is 47.8 Å². The predicted octanol–water partition coefficient (Wildman–Crippen LogP) is 4.23. The number of carbonyl (C=O) groups is 2. The lowest BCUT2D eigenvalue weighted by molar-refractivity contribution is -0.123. The molecule has 2 amide bonds. The largest absolute Gasteiger partial charge is 0.351 e. The standard InChI is InChI=1S/C21H26N2O2S/c24-19(12-7-15-22-20(25)18-11-8-16-26-18)23-21(13-5-2-6-14-21)17-9-3-1-4-10-17/h1,3-4,8-11,16H,2,5-7,12-15H2,(H,22,25)(H,23,24). The quantitative estimate of drug-likeness (QED) is 0.717. The van der Waals surface area contributed by atoms with Crippen molar-refractivity contribution >= 4 is 23.2 Å². The van der Waals surface area contributed by atoms with Crippen molar-refractivity contribution in [2.75, 3.05) is 6.54 Å². The molecule has 0 radical (unpaired) electrons. The molecule has 0 bridgehead atoms. The van der Waals surface area contributed by atoms with E-state index in [-0.39, 0.29) is 17.4 Å². The van der Waals surface area contributed by atoms with E-state index in [4.69, 9.17) is 0 Å². The molecular formula is C21H26N2O2S. The van der Waals surface area contributed by atoms with E-state index in [0.717, 1.165) is 25.7 Å². The predicted molar refractivity (Wildman–Crippen MR) is 105 cm³/mol. The van der Waals surface area contributed by atoms with Crippen molar-refractivity contribution in [3.8, 4) is 0 Å². The topological polar surface area (TPSA) is 58.2 Å². The van der Waals surface area contributed by atoms with Gasteiger partial charge in [0.2, 0.25) is 5.91 Å². The number of thiophene rings is 1. The molecule has 2 aromatic rings. The van der Waals surface area contributed by atoms with Crippen LogP contribution in [0.2, 0.25) is 0 Å². The molecular weight excluding hydrogens is 344 g/mol. The molecule has 1 saturated carbocycles. The molecule has 0 atom stereocenters. The maximum absolute atomic E-state index is 12.5. The average Bonchev–Trinajstić information content (AvgIpc) is 3.21. The Morgan fingerprint density at radius 1 is 1.00 bits per heavy atom. The Morgan fingerprint density at radius 3 is 2.46 bits per heavy atom. The summed E-state index contributed by atoms with van der Waals surface area (Å²) < 4.78 is 0. The molecule has 1 aliphatic rings. The van der Waals surface area contributed by atoms with Gasteiger partial charge >= 0.3 is 0 Å². The molecule has 1 aromatic heterocycles. The van der Waals surface area contributed by atoms with Crippen LogP contribution in [0.3, 0.4) is 0 Å². The van der Waals surface area contributed by atoms with Crippen LogP contribution in [0.5, 0.6) is 0 Å². The highest BCUT2D eigenvalue weighted by Gasteiger charge is 2.34. The zero-order valence-electron chi connectivity index (χ0n) is 15.0. The number of carbonyl (C=O) groups excluding carboxylic acids is 2. The summed E-state index contributed by atoms with van der Waals surface area (Å²) in [7, 11) is 0. The van der Waals surface area contributed by atoms with E-state index in [9.17, 15) is 9.59 Å². The van der Waals surface area contributed by atoms with Crippen LogP contribution in [0, 0.1) is 0 Å². The van der Waals surface area contributed by atoms with E-state index >= 15 is 0 Å². The number of benzene rings is 1. The Bertz CT molecular complexity index is 707. The van der Waals surface area contributed by atoms with Crippen molar-refractivity contribution in [3.63, 3.8) is 0 Å². The van der Waals surface area contributed by atoms with Gasteiger partial charge in [-0.2, -0.15) is 0 Å². The van der Waals surface area contributed by atoms with E-state index in [1.54, 1.807) is 6.07 Å². The lowest BCUT2D eigenvalue weighted by atomic mass is 9.76. The molecule has 138 valence electrons. The van der Waals surface area contributed by atoms with Gasteiger partial charge in [-0.25, -0.2) is 0 Å². The van der Waals surface area contributed by atoms with Gasteiger partial charge in [-0.05, 0) is 36.3 Å². The third-order valence-electron chi connectivity index (χ3n) is 5.02. The maximum Gasteiger partial charge on any atom is 0.261 e. The third-order valence-corrected chi connectivity index (χ3v) is 5.89. The summed E-state index contributed by atoms with van der Waals surface area (Å²) in [5.74, 6) is 0.00886. The molecule has 0 saturated heterocycles. The Balaban J connectivity index is 1.50. The summed E-state index contributed by atoms with van der Waals surface area (Å²) in [6, 6.07) is 14.0. The van der Waals surface area contributed by atoms with E-state index in [1.165, 1.54) is 23.3 Å². The summed E-state index contributed by atoms with van der Waals surface area (Å²) in [6.07, 6.45) is 6.60. The van der Waals surface area contributed by atoms with Gasteiger partial charge < -0.3 is 10.6 Å². The van der Waals surface area contributed by atoms with Crippen LogP contribution in [-0.4, -0.2) is 18.4 Å². The molecule has 2 N–H and O–H groups in total. The van der Waals surface area contributed by atoms with E-state index in [2.05, 4.69) is 22.8 Å². The molecule has 26 heavy (non-hydrogen) atoms. The van der Waals surface area contributed by atoms with E-state index in [0.29, 0.717) is 24.3 Å². The van der Waals surface area contributed by atoms with Gasteiger partial charge in [0.25, 0.3) is 5.91 Å². The van der Waals surface area contributed by atoms with Crippen LogP contribution < -0.4 is 10.6 Å². The van der Waals surface area contributed by atoms with Crippen molar-refractivity contribution in [2.45, 2.75) is 50.5 Å². The molecule has 1 fully saturated rings. The maximum atomic E-state index is 12.5. The zero-order valence-corrected chi connectivity index (χ0v) is 15.8. The van der Waals surface area contributed by atoms with E-state index < -0.39 is 0 Å². The minimum atomic E-state index is -0.225. The molecule has 0 spiro atoms. The Labute approximate surface area is 159 Å². The molecule has 0 aliphatic heterocycles. The third kappa shape index (κ3) is 4.73. The van der Waals surface area contributed by atoms with Gasteiger partial charge in [0.1, 0.15) is 0 Å². The van der Waals surface area contributed by atoms with Gasteiger partial charge in [-0.3, -0.25) is 9.59 Å². The fourth-order valence-electron chi connectivity index (χ4n) is 3.67. The van der Waals surface area contributed by atoms with Crippen LogP contribution in [0.25, 0.3) is 0 Å². The number of hydrogen-bond acceptors (Lipinski definition) is 3. The second-order valence-electron chi connectivity index (χ2n) is 6.89. The first-order valence-electron chi connectivity index (χ1n) is 9.38. The van der Waals surface area contributed by atoms with Crippen molar-refractivity contribution in [2.24, 2.45) is 0 Å². The lowest BCUT2D eigenvalue weighted by Crippen LogP contribution is -2.47. The molecule has 1 aromatic carbocycles. The lowest BCUT2D eigenvalue weighted by Gasteiger charge is -2.39. The van der Waals surface area contributed by atoms with Gasteiger partial charge in [-0.15, -0.1) is 11.3 Å². The average molecular weight is 371 g/mol. The van der Waals surface area contributed by atoms with E-state index in [1.807, 2.05) is 29.6 Å². The summed E-state index contributed by atoms with van der Waals surface area (Å²) in [6.45, 7) is 0.516. The second-order valence-corrected chi connectivity index (χ2v) is 7.84. The number of amides is 2. The van der Waals surface area contributed by atoms with Crippen molar-refractivity contribution in [1.82, 2.24) is 10.6 Å². The highest BCUT2D eigenvalue weighted by atomic mass is 32.1.